The summed E-state index contributed by atoms with van der Waals surface area (Å²) in [4.78, 5) is 0. The standard InChI is InChI=1S/C15H25BrO4Si.C14H23BrO4Si/c1-17-7-8-19-15-11-13(5-6-14(15)16)20-12-18-9-10-21(2,3)4;1-20(2,3)9-8-17-11-19-12-4-5-13(15)14(10-12)18-7-6-16/h5-6,11H,7-10,12H2,1-4H3;4-5,10,16H,6-9,11H2,1-3H3. The molecule has 234 valence electrons. The largest absolute Gasteiger partial charge is 0.490 e. The van der Waals surface area contributed by atoms with Crippen molar-refractivity contribution in [2.45, 2.75) is 51.4 Å². The third-order valence-electron chi connectivity index (χ3n) is 5.31. The lowest BCUT2D eigenvalue weighted by Crippen LogP contribution is -2.22. The topological polar surface area (TPSA) is 84.8 Å². The van der Waals surface area contributed by atoms with Gasteiger partial charge in [-0.15, -0.1) is 0 Å². The number of benzene rings is 2. The molecule has 0 aliphatic carbocycles. The zero-order valence-electron chi connectivity index (χ0n) is 25.6. The van der Waals surface area contributed by atoms with E-state index in [4.69, 9.17) is 38.3 Å². The Balaban J connectivity index is 0.000000410. The molecule has 12 heteroatoms. The number of halogens is 2. The zero-order valence-corrected chi connectivity index (χ0v) is 30.8. The quantitative estimate of drug-likeness (QED) is 0.0893. The predicted octanol–water partition coefficient (Wildman–Crippen LogP) is 7.68. The van der Waals surface area contributed by atoms with Crippen LogP contribution in [0.25, 0.3) is 0 Å². The van der Waals surface area contributed by atoms with E-state index in [0.29, 0.717) is 24.7 Å². The van der Waals surface area contributed by atoms with Crippen LogP contribution in [0.3, 0.4) is 0 Å². The molecule has 0 unspecified atom stereocenters. The monoisotopic (exact) mass is 738 g/mol. The van der Waals surface area contributed by atoms with Crippen molar-refractivity contribution < 1.29 is 38.3 Å². The summed E-state index contributed by atoms with van der Waals surface area (Å²) in [5, 5.41) is 8.77. The van der Waals surface area contributed by atoms with Crippen molar-refractivity contribution in [2.24, 2.45) is 0 Å². The molecular formula is C29H48Br2O8Si2. The first-order chi connectivity index (χ1) is 19.3. The average Bonchev–Trinajstić information content (AvgIpc) is 2.89. The van der Waals surface area contributed by atoms with E-state index in [9.17, 15) is 0 Å². The summed E-state index contributed by atoms with van der Waals surface area (Å²) >= 11 is 6.84. The van der Waals surface area contributed by atoms with Gasteiger partial charge in [-0.05, 0) is 68.2 Å². The van der Waals surface area contributed by atoms with Gasteiger partial charge in [0.1, 0.15) is 36.2 Å². The molecule has 0 spiro atoms. The van der Waals surface area contributed by atoms with Crippen LogP contribution >= 0.6 is 31.9 Å². The Morgan fingerprint density at radius 1 is 0.610 bits per heavy atom. The van der Waals surface area contributed by atoms with Gasteiger partial charge >= 0.3 is 0 Å². The Kier molecular flexibility index (Phi) is 19.2. The lowest BCUT2D eigenvalue weighted by Gasteiger charge is -2.16. The molecule has 0 radical (unpaired) electrons. The maximum atomic E-state index is 8.77. The average molecular weight is 741 g/mol. The van der Waals surface area contributed by atoms with Crippen molar-refractivity contribution in [2.75, 3.05) is 60.3 Å². The minimum absolute atomic E-state index is 0.0165. The van der Waals surface area contributed by atoms with Crippen molar-refractivity contribution in [1.29, 1.82) is 0 Å². The van der Waals surface area contributed by atoms with Crippen LogP contribution in [-0.4, -0.2) is 81.6 Å². The second-order valence-corrected chi connectivity index (χ2v) is 24.5. The minimum Gasteiger partial charge on any atom is -0.490 e. The van der Waals surface area contributed by atoms with E-state index in [1.165, 1.54) is 0 Å². The van der Waals surface area contributed by atoms with Gasteiger partial charge in [0, 0.05) is 48.6 Å². The van der Waals surface area contributed by atoms with Gasteiger partial charge in [-0.1, -0.05) is 39.3 Å². The third kappa shape index (κ3) is 19.6. The van der Waals surface area contributed by atoms with Crippen molar-refractivity contribution in [3.8, 4) is 23.0 Å². The molecule has 0 aliphatic rings. The van der Waals surface area contributed by atoms with Gasteiger partial charge in [-0.2, -0.15) is 0 Å². The van der Waals surface area contributed by atoms with Crippen molar-refractivity contribution >= 4 is 48.0 Å². The second-order valence-electron chi connectivity index (χ2n) is 11.6. The predicted molar refractivity (Wildman–Crippen MR) is 177 cm³/mol. The van der Waals surface area contributed by atoms with Crippen LogP contribution in [0.5, 0.6) is 23.0 Å². The molecular weight excluding hydrogens is 692 g/mol. The molecule has 1 N–H and O–H groups in total. The summed E-state index contributed by atoms with van der Waals surface area (Å²) in [6.45, 7) is 17.2. The molecule has 0 heterocycles. The number of aliphatic hydroxyl groups is 1. The molecule has 0 amide bonds. The molecule has 8 nitrogen and oxygen atoms in total. The van der Waals surface area contributed by atoms with E-state index >= 15 is 0 Å². The first kappa shape index (κ1) is 37.9. The van der Waals surface area contributed by atoms with Crippen molar-refractivity contribution in [3.05, 3.63) is 45.3 Å². The van der Waals surface area contributed by atoms with E-state index < -0.39 is 16.1 Å². The molecule has 0 atom stereocenters. The van der Waals surface area contributed by atoms with Crippen LogP contribution in [0.2, 0.25) is 51.4 Å². The van der Waals surface area contributed by atoms with Gasteiger partial charge < -0.3 is 38.3 Å². The van der Waals surface area contributed by atoms with Gasteiger partial charge in [0.25, 0.3) is 0 Å². The Labute approximate surface area is 265 Å². The number of aliphatic hydroxyl groups excluding tert-OH is 1. The maximum absolute atomic E-state index is 8.77. The number of ether oxygens (including phenoxy) is 7. The molecule has 2 rings (SSSR count). The highest BCUT2D eigenvalue weighted by Crippen LogP contribution is 2.30. The fraction of sp³-hybridized carbons (Fsp3) is 0.586. The number of methoxy groups -OCH3 is 1. The van der Waals surface area contributed by atoms with Gasteiger partial charge in [-0.3, -0.25) is 0 Å². The molecule has 0 saturated carbocycles. The van der Waals surface area contributed by atoms with E-state index in [-0.39, 0.29) is 26.8 Å². The van der Waals surface area contributed by atoms with E-state index in [2.05, 4.69) is 71.1 Å². The minimum atomic E-state index is -1.05. The highest BCUT2D eigenvalue weighted by atomic mass is 79.9. The van der Waals surface area contributed by atoms with Crippen LogP contribution in [0.15, 0.2) is 45.3 Å². The second kappa shape index (κ2) is 20.7. The summed E-state index contributed by atoms with van der Waals surface area (Å²) in [5.74, 6) is 2.82. The van der Waals surface area contributed by atoms with Crippen molar-refractivity contribution in [1.82, 2.24) is 0 Å². The maximum Gasteiger partial charge on any atom is 0.189 e. The van der Waals surface area contributed by atoms with Crippen LogP contribution in [0, 0.1) is 0 Å². The molecule has 0 aromatic heterocycles. The van der Waals surface area contributed by atoms with Crippen LogP contribution in [-0.2, 0) is 14.2 Å². The molecule has 0 bridgehead atoms. The summed E-state index contributed by atoms with van der Waals surface area (Å²) < 4.78 is 39.8. The van der Waals surface area contributed by atoms with Crippen LogP contribution in [0.1, 0.15) is 0 Å². The van der Waals surface area contributed by atoms with Gasteiger partial charge in [0.05, 0.1) is 22.2 Å². The molecule has 0 saturated heterocycles. The summed E-state index contributed by atoms with van der Waals surface area (Å²) in [7, 11) is -0.440. The summed E-state index contributed by atoms with van der Waals surface area (Å²) in [6.07, 6.45) is 0. The van der Waals surface area contributed by atoms with Crippen molar-refractivity contribution in [3.63, 3.8) is 0 Å². The SMILES string of the molecule is COCCOc1cc(OCOCC[Si](C)(C)C)ccc1Br.C[Si](C)(C)CCOCOc1ccc(Br)c(OCCO)c1. The van der Waals surface area contributed by atoms with Gasteiger partial charge in [0.15, 0.2) is 13.6 Å². The van der Waals surface area contributed by atoms with Crippen LogP contribution in [0.4, 0.5) is 0 Å². The van der Waals surface area contributed by atoms with E-state index in [1.54, 1.807) is 13.2 Å². The Morgan fingerprint density at radius 3 is 1.44 bits per heavy atom. The first-order valence-electron chi connectivity index (χ1n) is 13.7. The zero-order chi connectivity index (χ0) is 30.7. The van der Waals surface area contributed by atoms with Gasteiger partial charge in [-0.25, -0.2) is 0 Å². The highest BCUT2D eigenvalue weighted by Gasteiger charge is 2.13. The summed E-state index contributed by atoms with van der Waals surface area (Å²) in [5.41, 5.74) is 0. The first-order valence-corrected chi connectivity index (χ1v) is 22.7. The molecule has 41 heavy (non-hydrogen) atoms. The normalized spacial score (nSPS) is 11.5. The smallest absolute Gasteiger partial charge is 0.189 e. The molecule has 0 aliphatic heterocycles. The molecule has 2 aromatic rings. The fourth-order valence-corrected chi connectivity index (χ4v) is 5.09. The number of hydrogen-bond acceptors (Lipinski definition) is 8. The van der Waals surface area contributed by atoms with E-state index in [0.717, 1.165) is 45.7 Å². The van der Waals surface area contributed by atoms with Gasteiger partial charge in [0.2, 0.25) is 0 Å². The molecule has 2 aromatic carbocycles. The molecule has 0 fully saturated rings. The summed E-state index contributed by atoms with van der Waals surface area (Å²) in [6, 6.07) is 13.4. The lowest BCUT2D eigenvalue weighted by atomic mass is 10.3. The number of rotatable bonds is 19. The van der Waals surface area contributed by atoms with Crippen LogP contribution < -0.4 is 18.9 Å². The Hall–Kier alpha value is -1.13. The highest BCUT2D eigenvalue weighted by molar-refractivity contribution is 9.10. The fourth-order valence-electron chi connectivity index (χ4n) is 2.85. The third-order valence-corrected chi connectivity index (χ3v) is 10.0. The number of hydrogen-bond donors (Lipinski definition) is 1. The van der Waals surface area contributed by atoms with E-state index in [1.807, 2.05) is 30.3 Å². The Bertz CT molecular complexity index is 984. The Morgan fingerprint density at radius 2 is 1.05 bits per heavy atom. The lowest BCUT2D eigenvalue weighted by molar-refractivity contribution is 0.0216.